The highest BCUT2D eigenvalue weighted by molar-refractivity contribution is 5.81. The quantitative estimate of drug-likeness (QED) is 0.447. The van der Waals surface area contributed by atoms with Crippen molar-refractivity contribution in [1.29, 1.82) is 0 Å². The maximum atomic E-state index is 12.4. The van der Waals surface area contributed by atoms with E-state index < -0.39 is 0 Å². The standard InChI is InChI=1S/C22H34N4O2/c1-4-23-22(24-13-16-10-14(2)20(27)15(3)11-16)26-19-7-5-6-17(12-19)21(28)25-18-8-9-18/h10-11,17-19,27H,4-9,12-13H2,1-3H3,(H,25,28)(H2,23,24,26). The molecule has 2 aliphatic rings. The van der Waals surface area contributed by atoms with Gasteiger partial charge in [-0.25, -0.2) is 4.99 Å². The van der Waals surface area contributed by atoms with E-state index in [1.54, 1.807) is 0 Å². The lowest BCUT2D eigenvalue weighted by Gasteiger charge is -2.30. The summed E-state index contributed by atoms with van der Waals surface area (Å²) in [5.41, 5.74) is 2.83. The molecular formula is C22H34N4O2. The fraction of sp³-hybridized carbons (Fsp3) is 0.636. The van der Waals surface area contributed by atoms with Gasteiger partial charge in [0.2, 0.25) is 5.91 Å². The van der Waals surface area contributed by atoms with Crippen molar-refractivity contribution in [1.82, 2.24) is 16.0 Å². The largest absolute Gasteiger partial charge is 0.507 e. The Labute approximate surface area is 168 Å². The number of hydrogen-bond acceptors (Lipinski definition) is 3. The van der Waals surface area contributed by atoms with E-state index in [1.807, 2.05) is 26.0 Å². The Hall–Kier alpha value is -2.24. The smallest absolute Gasteiger partial charge is 0.223 e. The van der Waals surface area contributed by atoms with Crippen LogP contribution in [0.25, 0.3) is 0 Å². The molecule has 0 spiro atoms. The van der Waals surface area contributed by atoms with Crippen molar-refractivity contribution in [3.05, 3.63) is 28.8 Å². The van der Waals surface area contributed by atoms with Gasteiger partial charge in [0.05, 0.1) is 6.54 Å². The molecule has 4 N–H and O–H groups in total. The molecule has 0 aromatic heterocycles. The van der Waals surface area contributed by atoms with Crippen LogP contribution in [0.3, 0.4) is 0 Å². The zero-order chi connectivity index (χ0) is 20.1. The lowest BCUT2D eigenvalue weighted by atomic mass is 9.85. The first-order valence-corrected chi connectivity index (χ1v) is 10.6. The minimum Gasteiger partial charge on any atom is -0.507 e. The van der Waals surface area contributed by atoms with Crippen LogP contribution in [0.5, 0.6) is 5.75 Å². The summed E-state index contributed by atoms with van der Waals surface area (Å²) in [5, 5.41) is 19.9. The van der Waals surface area contributed by atoms with E-state index in [9.17, 15) is 9.90 Å². The third-order valence-corrected chi connectivity index (χ3v) is 5.62. The predicted octanol–water partition coefficient (Wildman–Crippen LogP) is 2.90. The van der Waals surface area contributed by atoms with Crippen LogP contribution in [-0.2, 0) is 11.3 Å². The summed E-state index contributed by atoms with van der Waals surface area (Å²) in [7, 11) is 0. The minimum atomic E-state index is 0.108. The van der Waals surface area contributed by atoms with E-state index in [1.165, 1.54) is 0 Å². The number of carbonyl (C=O) groups is 1. The predicted molar refractivity (Wildman–Crippen MR) is 112 cm³/mol. The molecule has 0 bridgehead atoms. The van der Waals surface area contributed by atoms with Crippen molar-refractivity contribution in [2.45, 2.75) is 77.9 Å². The molecule has 28 heavy (non-hydrogen) atoms. The summed E-state index contributed by atoms with van der Waals surface area (Å²) in [6.45, 7) is 7.22. The van der Waals surface area contributed by atoms with E-state index in [-0.39, 0.29) is 17.9 Å². The molecule has 2 fully saturated rings. The van der Waals surface area contributed by atoms with Gasteiger partial charge in [0.25, 0.3) is 0 Å². The van der Waals surface area contributed by atoms with Gasteiger partial charge in [-0.2, -0.15) is 0 Å². The summed E-state index contributed by atoms with van der Waals surface area (Å²) in [6, 6.07) is 4.66. The van der Waals surface area contributed by atoms with Gasteiger partial charge < -0.3 is 21.1 Å². The summed E-state index contributed by atoms with van der Waals surface area (Å²) < 4.78 is 0. The monoisotopic (exact) mass is 386 g/mol. The van der Waals surface area contributed by atoms with Gasteiger partial charge in [0, 0.05) is 24.5 Å². The second-order valence-corrected chi connectivity index (χ2v) is 8.26. The Morgan fingerprint density at radius 2 is 1.82 bits per heavy atom. The number of hydrogen-bond donors (Lipinski definition) is 4. The number of carbonyl (C=O) groups excluding carboxylic acids is 1. The number of benzene rings is 1. The van der Waals surface area contributed by atoms with Crippen molar-refractivity contribution in [2.75, 3.05) is 6.54 Å². The molecule has 6 nitrogen and oxygen atoms in total. The number of amides is 1. The first-order chi connectivity index (χ1) is 13.5. The fourth-order valence-electron chi connectivity index (χ4n) is 3.93. The molecule has 1 aromatic rings. The van der Waals surface area contributed by atoms with Gasteiger partial charge in [0.1, 0.15) is 5.75 Å². The number of phenolic OH excluding ortho intramolecular Hbond substituents is 1. The Balaban J connectivity index is 1.59. The van der Waals surface area contributed by atoms with Crippen LogP contribution >= 0.6 is 0 Å². The first-order valence-electron chi connectivity index (χ1n) is 10.6. The molecular weight excluding hydrogens is 352 g/mol. The third kappa shape index (κ3) is 5.63. The normalized spacial score (nSPS) is 22.6. The Bertz CT molecular complexity index is 704. The Morgan fingerprint density at radius 1 is 1.11 bits per heavy atom. The Morgan fingerprint density at radius 3 is 2.46 bits per heavy atom. The summed E-state index contributed by atoms with van der Waals surface area (Å²) in [6.07, 6.45) is 6.24. The van der Waals surface area contributed by atoms with Crippen molar-refractivity contribution in [3.8, 4) is 5.75 Å². The van der Waals surface area contributed by atoms with Crippen LogP contribution in [-0.4, -0.2) is 35.6 Å². The summed E-state index contributed by atoms with van der Waals surface area (Å²) >= 11 is 0. The topological polar surface area (TPSA) is 85.8 Å². The number of phenols is 1. The lowest BCUT2D eigenvalue weighted by molar-refractivity contribution is -0.126. The highest BCUT2D eigenvalue weighted by Crippen LogP contribution is 2.27. The van der Waals surface area contributed by atoms with Crippen LogP contribution in [0.15, 0.2) is 17.1 Å². The number of nitrogens with one attached hydrogen (secondary N) is 3. The van der Waals surface area contributed by atoms with Gasteiger partial charge in [-0.3, -0.25) is 4.79 Å². The maximum absolute atomic E-state index is 12.4. The second-order valence-electron chi connectivity index (χ2n) is 8.26. The fourth-order valence-corrected chi connectivity index (χ4v) is 3.93. The molecule has 3 rings (SSSR count). The summed E-state index contributed by atoms with van der Waals surface area (Å²) in [5.74, 6) is 1.48. The van der Waals surface area contributed by atoms with E-state index in [4.69, 9.17) is 4.99 Å². The molecule has 0 heterocycles. The first kappa shape index (κ1) is 20.5. The molecule has 1 aromatic carbocycles. The molecule has 0 radical (unpaired) electrons. The van der Waals surface area contributed by atoms with Crippen LogP contribution < -0.4 is 16.0 Å². The van der Waals surface area contributed by atoms with Crippen LogP contribution in [0.2, 0.25) is 0 Å². The average molecular weight is 387 g/mol. The zero-order valence-electron chi connectivity index (χ0n) is 17.3. The van der Waals surface area contributed by atoms with E-state index in [0.717, 1.165) is 67.7 Å². The van der Waals surface area contributed by atoms with Crippen molar-refractivity contribution in [3.63, 3.8) is 0 Å². The highest BCUT2D eigenvalue weighted by Gasteiger charge is 2.31. The second kappa shape index (κ2) is 9.30. The molecule has 1 amide bonds. The van der Waals surface area contributed by atoms with E-state index in [0.29, 0.717) is 18.3 Å². The molecule has 2 saturated carbocycles. The molecule has 0 aliphatic heterocycles. The molecule has 2 atom stereocenters. The van der Waals surface area contributed by atoms with Crippen molar-refractivity contribution >= 4 is 11.9 Å². The number of nitrogens with zero attached hydrogens (tertiary/aromatic N) is 1. The van der Waals surface area contributed by atoms with Crippen molar-refractivity contribution in [2.24, 2.45) is 10.9 Å². The van der Waals surface area contributed by atoms with E-state index >= 15 is 0 Å². The highest BCUT2D eigenvalue weighted by atomic mass is 16.3. The number of rotatable bonds is 6. The maximum Gasteiger partial charge on any atom is 0.223 e. The molecule has 0 saturated heterocycles. The van der Waals surface area contributed by atoms with Gasteiger partial charge >= 0.3 is 0 Å². The van der Waals surface area contributed by atoms with E-state index in [2.05, 4.69) is 22.9 Å². The average Bonchev–Trinajstić information content (AvgIpc) is 3.48. The van der Waals surface area contributed by atoms with Crippen LogP contribution in [0.1, 0.15) is 62.1 Å². The molecule has 2 aliphatic carbocycles. The SMILES string of the molecule is CCNC(=NCc1cc(C)c(O)c(C)c1)NC1CCCC(C(=O)NC2CC2)C1. The van der Waals surface area contributed by atoms with Gasteiger partial charge in [-0.05, 0) is 69.6 Å². The number of guanidine groups is 1. The molecule has 6 heteroatoms. The summed E-state index contributed by atoms with van der Waals surface area (Å²) in [4.78, 5) is 17.1. The third-order valence-electron chi connectivity index (χ3n) is 5.62. The Kier molecular flexibility index (Phi) is 6.81. The zero-order valence-corrected chi connectivity index (χ0v) is 17.3. The van der Waals surface area contributed by atoms with Crippen molar-refractivity contribution < 1.29 is 9.90 Å². The van der Waals surface area contributed by atoms with Gasteiger partial charge in [-0.15, -0.1) is 0 Å². The molecule has 154 valence electrons. The lowest BCUT2D eigenvalue weighted by Crippen LogP contribution is -2.47. The van der Waals surface area contributed by atoms with Gasteiger partial charge in [-0.1, -0.05) is 18.6 Å². The number of aliphatic imine (C=N–C) groups is 1. The molecule has 2 unspecified atom stereocenters. The number of aromatic hydroxyl groups is 1. The minimum absolute atomic E-state index is 0.108. The number of aryl methyl sites for hydroxylation is 2. The van der Waals surface area contributed by atoms with Gasteiger partial charge in [0.15, 0.2) is 5.96 Å². The van der Waals surface area contributed by atoms with Crippen LogP contribution in [0, 0.1) is 19.8 Å². The van der Waals surface area contributed by atoms with Crippen LogP contribution in [0.4, 0.5) is 0 Å².